The lowest BCUT2D eigenvalue weighted by Crippen LogP contribution is -2.41. The first-order valence-electron chi connectivity index (χ1n) is 9.09. The Morgan fingerprint density at radius 3 is 2.73 bits per heavy atom. The number of aliphatic hydroxyl groups excluding tert-OH is 1. The first kappa shape index (κ1) is 18.4. The molecule has 2 atom stereocenters. The first-order valence-corrected chi connectivity index (χ1v) is 9.09. The largest absolute Gasteiger partial charge is 0.386 e. The summed E-state index contributed by atoms with van der Waals surface area (Å²) in [6.07, 6.45) is 10.2. The molecule has 0 saturated carbocycles. The molecule has 2 aromatic rings. The SMILES string of the molecule is Bc1ccc(-c2cc([C@@H](O)[C@H]3C=CCCN3)c(=C/C)/c(=C\C=C)n2)cc1. The molecule has 0 fully saturated rings. The second-order valence-corrected chi connectivity index (χ2v) is 6.59. The maximum atomic E-state index is 11.1. The molecular weight excluding hydrogens is 319 g/mol. The number of benzene rings is 1. The zero-order chi connectivity index (χ0) is 18.5. The molecule has 0 saturated heterocycles. The van der Waals surface area contributed by atoms with Crippen LogP contribution in [0.2, 0.25) is 0 Å². The Morgan fingerprint density at radius 2 is 2.12 bits per heavy atom. The molecular formula is C22H25BN2O. The molecule has 132 valence electrons. The van der Waals surface area contributed by atoms with Gasteiger partial charge in [0.05, 0.1) is 23.2 Å². The Balaban J connectivity index is 2.19. The van der Waals surface area contributed by atoms with Crippen LogP contribution in [0.25, 0.3) is 23.4 Å². The highest BCUT2D eigenvalue weighted by Crippen LogP contribution is 2.21. The molecule has 1 aromatic carbocycles. The van der Waals surface area contributed by atoms with E-state index in [0.29, 0.717) is 0 Å². The summed E-state index contributed by atoms with van der Waals surface area (Å²) in [5, 5.41) is 16.2. The molecule has 0 aliphatic carbocycles. The lowest BCUT2D eigenvalue weighted by Gasteiger charge is -2.25. The third-order valence-electron chi connectivity index (χ3n) is 4.73. The van der Waals surface area contributed by atoms with Gasteiger partial charge in [-0.3, -0.25) is 0 Å². The molecule has 0 amide bonds. The van der Waals surface area contributed by atoms with Crippen LogP contribution in [0, 0.1) is 0 Å². The van der Waals surface area contributed by atoms with Gasteiger partial charge in [0, 0.05) is 10.8 Å². The average Bonchev–Trinajstić information content (AvgIpc) is 2.68. The van der Waals surface area contributed by atoms with Crippen LogP contribution in [0.5, 0.6) is 0 Å². The Hall–Kier alpha value is -2.43. The highest BCUT2D eigenvalue weighted by atomic mass is 16.3. The molecule has 3 nitrogen and oxygen atoms in total. The molecule has 26 heavy (non-hydrogen) atoms. The van der Waals surface area contributed by atoms with Crippen LogP contribution in [0.4, 0.5) is 0 Å². The number of pyridine rings is 1. The number of nitrogens with zero attached hydrogens (tertiary/aromatic N) is 1. The van der Waals surface area contributed by atoms with E-state index in [1.54, 1.807) is 6.08 Å². The van der Waals surface area contributed by atoms with Gasteiger partial charge >= 0.3 is 0 Å². The maximum Gasteiger partial charge on any atom is 0.139 e. The Morgan fingerprint density at radius 1 is 1.35 bits per heavy atom. The molecule has 0 bridgehead atoms. The zero-order valence-corrected chi connectivity index (χ0v) is 15.4. The first-order chi connectivity index (χ1) is 12.6. The van der Waals surface area contributed by atoms with Gasteiger partial charge in [-0.2, -0.15) is 0 Å². The van der Waals surface area contributed by atoms with Crippen molar-refractivity contribution in [1.29, 1.82) is 0 Å². The summed E-state index contributed by atoms with van der Waals surface area (Å²) >= 11 is 0. The van der Waals surface area contributed by atoms with Gasteiger partial charge in [-0.25, -0.2) is 4.98 Å². The normalized spacial score (nSPS) is 19.5. The summed E-state index contributed by atoms with van der Waals surface area (Å²) in [5.41, 5.74) is 3.99. The second-order valence-electron chi connectivity index (χ2n) is 6.59. The minimum atomic E-state index is -0.637. The topological polar surface area (TPSA) is 45.1 Å². The van der Waals surface area contributed by atoms with E-state index in [2.05, 4.69) is 56.2 Å². The van der Waals surface area contributed by atoms with Crippen LogP contribution < -0.4 is 21.3 Å². The van der Waals surface area contributed by atoms with Crippen molar-refractivity contribution >= 4 is 25.5 Å². The standard InChI is InChI=1S/C22H25BN2O/c1-3-7-19-17(4-2)18(22(26)20-8-5-6-13-24-20)14-21(25-19)15-9-11-16(23)12-10-15/h3-5,7-12,14,20,22,24,26H,1,6,13,23H2,2H3/b17-4-,19-7+/t20-,22-/m1/s1. The summed E-state index contributed by atoms with van der Waals surface area (Å²) in [4.78, 5) is 4.81. The van der Waals surface area contributed by atoms with E-state index < -0.39 is 6.10 Å². The monoisotopic (exact) mass is 344 g/mol. The average molecular weight is 344 g/mol. The Labute approximate surface area is 155 Å². The van der Waals surface area contributed by atoms with Crippen molar-refractivity contribution < 1.29 is 5.11 Å². The lowest BCUT2D eigenvalue weighted by atomic mass is 9.93. The molecule has 1 aliphatic rings. The molecule has 2 heterocycles. The van der Waals surface area contributed by atoms with Gasteiger partial charge < -0.3 is 10.4 Å². The summed E-state index contributed by atoms with van der Waals surface area (Å²) in [6.45, 7) is 6.67. The van der Waals surface area contributed by atoms with Crippen LogP contribution in [0.15, 0.2) is 55.1 Å². The summed E-state index contributed by atoms with van der Waals surface area (Å²) in [5.74, 6) is 0. The second kappa shape index (κ2) is 8.30. The van der Waals surface area contributed by atoms with E-state index in [1.807, 2.05) is 25.1 Å². The highest BCUT2D eigenvalue weighted by molar-refractivity contribution is 6.32. The quantitative estimate of drug-likeness (QED) is 0.635. The molecule has 1 aromatic heterocycles. The van der Waals surface area contributed by atoms with Gasteiger partial charge in [0.1, 0.15) is 7.85 Å². The molecule has 1 aliphatic heterocycles. The van der Waals surface area contributed by atoms with Crippen molar-refractivity contribution in [2.75, 3.05) is 6.54 Å². The van der Waals surface area contributed by atoms with Crippen LogP contribution in [0.3, 0.4) is 0 Å². The Kier molecular flexibility index (Phi) is 5.87. The van der Waals surface area contributed by atoms with E-state index in [-0.39, 0.29) is 6.04 Å². The van der Waals surface area contributed by atoms with Crippen molar-refractivity contribution in [2.45, 2.75) is 25.5 Å². The number of nitrogens with one attached hydrogen (secondary N) is 1. The molecule has 4 heteroatoms. The van der Waals surface area contributed by atoms with Crippen molar-refractivity contribution in [3.8, 4) is 11.3 Å². The number of rotatable bonds is 4. The number of hydrogen-bond acceptors (Lipinski definition) is 3. The molecule has 0 spiro atoms. The van der Waals surface area contributed by atoms with Gasteiger partial charge in [0.25, 0.3) is 0 Å². The van der Waals surface area contributed by atoms with Gasteiger partial charge in [-0.15, -0.1) is 0 Å². The van der Waals surface area contributed by atoms with E-state index in [4.69, 9.17) is 4.98 Å². The van der Waals surface area contributed by atoms with E-state index >= 15 is 0 Å². The Bertz CT molecular complexity index is 932. The van der Waals surface area contributed by atoms with Gasteiger partial charge in [0.15, 0.2) is 0 Å². The van der Waals surface area contributed by atoms with Crippen LogP contribution in [0.1, 0.15) is 25.0 Å². The third-order valence-corrected chi connectivity index (χ3v) is 4.73. The van der Waals surface area contributed by atoms with Gasteiger partial charge in [-0.05, 0) is 37.6 Å². The van der Waals surface area contributed by atoms with Gasteiger partial charge in [-0.1, -0.05) is 60.6 Å². The fraction of sp³-hybridized carbons (Fsp3) is 0.227. The number of hydrogen-bond donors (Lipinski definition) is 2. The summed E-state index contributed by atoms with van der Waals surface area (Å²) in [6, 6.07) is 10.2. The highest BCUT2D eigenvalue weighted by Gasteiger charge is 2.21. The van der Waals surface area contributed by atoms with Crippen molar-refractivity contribution in [3.63, 3.8) is 0 Å². The van der Waals surface area contributed by atoms with Crippen molar-refractivity contribution in [3.05, 3.63) is 71.3 Å². The summed E-state index contributed by atoms with van der Waals surface area (Å²) in [7, 11) is 2.07. The van der Waals surface area contributed by atoms with E-state index in [1.165, 1.54) is 5.46 Å². The van der Waals surface area contributed by atoms with E-state index in [0.717, 1.165) is 40.4 Å². The summed E-state index contributed by atoms with van der Waals surface area (Å²) < 4.78 is 0. The predicted molar refractivity (Wildman–Crippen MR) is 112 cm³/mol. The number of allylic oxidation sites excluding steroid dienone is 1. The predicted octanol–water partition coefficient (Wildman–Crippen LogP) is 0.725. The zero-order valence-electron chi connectivity index (χ0n) is 15.4. The lowest BCUT2D eigenvalue weighted by molar-refractivity contribution is 0.145. The number of aromatic nitrogens is 1. The van der Waals surface area contributed by atoms with Gasteiger partial charge in [0.2, 0.25) is 0 Å². The fourth-order valence-corrected chi connectivity index (χ4v) is 3.32. The molecule has 2 N–H and O–H groups in total. The maximum absolute atomic E-state index is 11.1. The van der Waals surface area contributed by atoms with Crippen molar-refractivity contribution in [1.82, 2.24) is 10.3 Å². The minimum Gasteiger partial charge on any atom is -0.386 e. The van der Waals surface area contributed by atoms with Crippen LogP contribution in [-0.4, -0.2) is 30.5 Å². The fourth-order valence-electron chi connectivity index (χ4n) is 3.32. The minimum absolute atomic E-state index is 0.0905. The number of aliphatic hydroxyl groups is 1. The van der Waals surface area contributed by atoms with Crippen LogP contribution >= 0.6 is 0 Å². The molecule has 0 radical (unpaired) electrons. The van der Waals surface area contributed by atoms with Crippen molar-refractivity contribution in [2.24, 2.45) is 0 Å². The molecule has 0 unspecified atom stereocenters. The van der Waals surface area contributed by atoms with E-state index in [9.17, 15) is 5.11 Å². The molecule has 3 rings (SSSR count). The third kappa shape index (κ3) is 3.87. The smallest absolute Gasteiger partial charge is 0.139 e. The van der Waals surface area contributed by atoms with Crippen LogP contribution in [-0.2, 0) is 0 Å².